The molecule has 23 heavy (non-hydrogen) atoms. The van der Waals surface area contributed by atoms with Crippen molar-refractivity contribution in [3.8, 4) is 0 Å². The fourth-order valence-electron chi connectivity index (χ4n) is 1.99. The molecular weight excluding hydrogens is 300 g/mol. The van der Waals surface area contributed by atoms with Gasteiger partial charge in [0.2, 0.25) is 0 Å². The van der Waals surface area contributed by atoms with Crippen molar-refractivity contribution in [3.05, 3.63) is 75.8 Å². The Bertz CT molecular complexity index is 713. The number of nitrogens with one attached hydrogen (secondary N) is 1. The molecule has 2 aromatic rings. The van der Waals surface area contributed by atoms with Gasteiger partial charge < -0.3 is 10.1 Å². The zero-order chi connectivity index (χ0) is 16.8. The molecule has 0 aliphatic carbocycles. The smallest absolute Gasteiger partial charge is 0.333 e. The number of esters is 1. The molecule has 1 amide bonds. The Balaban J connectivity index is 2.20. The molecule has 0 saturated heterocycles. The summed E-state index contributed by atoms with van der Waals surface area (Å²) < 4.78 is 4.71. The Kier molecular flexibility index (Phi) is 5.03. The first kappa shape index (κ1) is 16.2. The lowest BCUT2D eigenvalue weighted by Crippen LogP contribution is -2.34. The highest BCUT2D eigenvalue weighted by Crippen LogP contribution is 2.16. The standard InChI is InChI=1S/C16H14N2O5/c1-23-16(20)14(11-5-3-2-4-6-11)17-15(19)12-7-9-13(10-8-12)18(21)22/h2-10,14H,1H3,(H,17,19)/t14-/m0/s1. The first-order valence-electron chi connectivity index (χ1n) is 6.71. The zero-order valence-electron chi connectivity index (χ0n) is 12.3. The lowest BCUT2D eigenvalue weighted by molar-refractivity contribution is -0.384. The molecule has 0 aliphatic rings. The van der Waals surface area contributed by atoms with Gasteiger partial charge in [-0.2, -0.15) is 0 Å². The number of nitro benzene ring substituents is 1. The number of ether oxygens (including phenoxy) is 1. The Morgan fingerprint density at radius 2 is 1.70 bits per heavy atom. The topological polar surface area (TPSA) is 98.5 Å². The zero-order valence-corrected chi connectivity index (χ0v) is 12.3. The number of nitro groups is 1. The predicted octanol–water partition coefficient (Wildman–Crippen LogP) is 2.24. The van der Waals surface area contributed by atoms with Gasteiger partial charge in [0.1, 0.15) is 0 Å². The first-order chi connectivity index (χ1) is 11.0. The van der Waals surface area contributed by atoms with Crippen LogP contribution in [-0.2, 0) is 9.53 Å². The normalized spacial score (nSPS) is 11.3. The van der Waals surface area contributed by atoms with E-state index in [0.29, 0.717) is 5.56 Å². The van der Waals surface area contributed by atoms with Crippen molar-refractivity contribution >= 4 is 17.6 Å². The minimum Gasteiger partial charge on any atom is -0.467 e. The summed E-state index contributed by atoms with van der Waals surface area (Å²) in [5.74, 6) is -1.13. The quantitative estimate of drug-likeness (QED) is 0.518. The van der Waals surface area contributed by atoms with Gasteiger partial charge in [-0.1, -0.05) is 30.3 Å². The van der Waals surface area contributed by atoms with Gasteiger partial charge in [-0.3, -0.25) is 14.9 Å². The molecule has 0 radical (unpaired) electrons. The second kappa shape index (κ2) is 7.17. The van der Waals surface area contributed by atoms with Gasteiger partial charge in [-0.25, -0.2) is 4.79 Å². The van der Waals surface area contributed by atoms with E-state index in [1.807, 2.05) is 0 Å². The summed E-state index contributed by atoms with van der Waals surface area (Å²) in [4.78, 5) is 34.2. The highest BCUT2D eigenvalue weighted by Gasteiger charge is 2.24. The summed E-state index contributed by atoms with van der Waals surface area (Å²) in [5, 5.41) is 13.2. The van der Waals surface area contributed by atoms with Crippen molar-refractivity contribution in [3.63, 3.8) is 0 Å². The van der Waals surface area contributed by atoms with Crippen LogP contribution in [0.5, 0.6) is 0 Å². The lowest BCUT2D eigenvalue weighted by Gasteiger charge is -2.16. The minimum atomic E-state index is -0.955. The second-order valence-electron chi connectivity index (χ2n) is 4.64. The summed E-state index contributed by atoms with van der Waals surface area (Å²) in [7, 11) is 1.23. The number of benzene rings is 2. The third kappa shape index (κ3) is 3.91. The van der Waals surface area contributed by atoms with E-state index in [0.717, 1.165) is 0 Å². The number of rotatable bonds is 5. The first-order valence-corrected chi connectivity index (χ1v) is 6.71. The maximum atomic E-state index is 12.2. The molecule has 2 rings (SSSR count). The fraction of sp³-hybridized carbons (Fsp3) is 0.125. The molecule has 2 aromatic carbocycles. The van der Waals surface area contributed by atoms with Gasteiger partial charge in [0.05, 0.1) is 12.0 Å². The summed E-state index contributed by atoms with van der Waals surface area (Å²) in [6, 6.07) is 12.8. The van der Waals surface area contributed by atoms with Crippen molar-refractivity contribution in [2.75, 3.05) is 7.11 Å². The summed E-state index contributed by atoms with van der Waals surface area (Å²) >= 11 is 0. The third-order valence-corrected chi connectivity index (χ3v) is 3.19. The van der Waals surface area contributed by atoms with Crippen LogP contribution in [0.25, 0.3) is 0 Å². The number of amides is 1. The van der Waals surface area contributed by atoms with E-state index in [1.165, 1.54) is 31.4 Å². The Morgan fingerprint density at radius 3 is 2.22 bits per heavy atom. The van der Waals surface area contributed by atoms with E-state index >= 15 is 0 Å². The fourth-order valence-corrected chi connectivity index (χ4v) is 1.99. The third-order valence-electron chi connectivity index (χ3n) is 3.19. The summed E-state index contributed by atoms with van der Waals surface area (Å²) in [6.07, 6.45) is 0. The highest BCUT2D eigenvalue weighted by molar-refractivity contribution is 5.97. The molecule has 0 aromatic heterocycles. The van der Waals surface area contributed by atoms with Gasteiger partial charge in [-0.05, 0) is 17.7 Å². The number of methoxy groups -OCH3 is 1. The molecule has 0 unspecified atom stereocenters. The van der Waals surface area contributed by atoms with Crippen molar-refractivity contribution in [1.29, 1.82) is 0 Å². The number of hydrogen-bond acceptors (Lipinski definition) is 5. The molecule has 7 nitrogen and oxygen atoms in total. The molecule has 0 spiro atoms. The van der Waals surface area contributed by atoms with Crippen molar-refractivity contribution in [2.45, 2.75) is 6.04 Å². The second-order valence-corrected chi connectivity index (χ2v) is 4.64. The maximum absolute atomic E-state index is 12.2. The van der Waals surface area contributed by atoms with E-state index in [4.69, 9.17) is 4.74 Å². The molecule has 118 valence electrons. The van der Waals surface area contributed by atoms with E-state index in [1.54, 1.807) is 30.3 Å². The molecule has 1 N–H and O–H groups in total. The molecule has 0 saturated carbocycles. The molecular formula is C16H14N2O5. The van der Waals surface area contributed by atoms with Crippen LogP contribution < -0.4 is 5.32 Å². The SMILES string of the molecule is COC(=O)[C@@H](NC(=O)c1ccc([N+](=O)[O-])cc1)c1ccccc1. The van der Waals surface area contributed by atoms with Crippen LogP contribution in [0, 0.1) is 10.1 Å². The van der Waals surface area contributed by atoms with Gasteiger partial charge in [-0.15, -0.1) is 0 Å². The van der Waals surface area contributed by atoms with Crippen LogP contribution >= 0.6 is 0 Å². The van der Waals surface area contributed by atoms with Crippen LogP contribution in [0.15, 0.2) is 54.6 Å². The lowest BCUT2D eigenvalue weighted by atomic mass is 10.1. The van der Waals surface area contributed by atoms with Crippen LogP contribution in [0.4, 0.5) is 5.69 Å². The number of carbonyl (C=O) groups excluding carboxylic acids is 2. The van der Waals surface area contributed by atoms with Gasteiger partial charge >= 0.3 is 5.97 Å². The number of carbonyl (C=O) groups is 2. The van der Waals surface area contributed by atoms with Gasteiger partial charge in [0, 0.05) is 17.7 Å². The average molecular weight is 314 g/mol. The van der Waals surface area contributed by atoms with Gasteiger partial charge in [0.25, 0.3) is 11.6 Å². The monoisotopic (exact) mass is 314 g/mol. The van der Waals surface area contributed by atoms with Crippen molar-refractivity contribution in [2.24, 2.45) is 0 Å². The highest BCUT2D eigenvalue weighted by atomic mass is 16.6. The summed E-state index contributed by atoms with van der Waals surface area (Å²) in [5.41, 5.74) is 0.671. The Labute approximate surface area is 132 Å². The van der Waals surface area contributed by atoms with Crippen LogP contribution in [0.2, 0.25) is 0 Å². The predicted molar refractivity (Wildman–Crippen MR) is 81.8 cm³/mol. The Morgan fingerprint density at radius 1 is 1.09 bits per heavy atom. The van der Waals surface area contributed by atoms with E-state index in [9.17, 15) is 19.7 Å². The van der Waals surface area contributed by atoms with Crippen molar-refractivity contribution in [1.82, 2.24) is 5.32 Å². The van der Waals surface area contributed by atoms with Crippen LogP contribution in [0.1, 0.15) is 22.0 Å². The van der Waals surface area contributed by atoms with Crippen molar-refractivity contribution < 1.29 is 19.2 Å². The molecule has 0 aliphatic heterocycles. The maximum Gasteiger partial charge on any atom is 0.333 e. The van der Waals surface area contributed by atoms with E-state index in [2.05, 4.69) is 5.32 Å². The van der Waals surface area contributed by atoms with Crippen LogP contribution in [-0.4, -0.2) is 23.9 Å². The molecule has 0 fully saturated rings. The van der Waals surface area contributed by atoms with Crippen LogP contribution in [0.3, 0.4) is 0 Å². The largest absolute Gasteiger partial charge is 0.467 e. The minimum absolute atomic E-state index is 0.117. The Hall–Kier alpha value is -3.22. The van der Waals surface area contributed by atoms with Gasteiger partial charge in [0.15, 0.2) is 6.04 Å². The number of non-ortho nitro benzene ring substituents is 1. The summed E-state index contributed by atoms with van der Waals surface area (Å²) in [6.45, 7) is 0. The van der Waals surface area contributed by atoms with E-state index in [-0.39, 0.29) is 11.3 Å². The molecule has 0 heterocycles. The van der Waals surface area contributed by atoms with E-state index < -0.39 is 22.8 Å². The molecule has 1 atom stereocenters. The number of nitrogens with zero attached hydrogens (tertiary/aromatic N) is 1. The molecule has 7 heteroatoms. The molecule has 0 bridgehead atoms. The number of hydrogen-bond donors (Lipinski definition) is 1. The average Bonchev–Trinajstić information content (AvgIpc) is 2.59.